The summed E-state index contributed by atoms with van der Waals surface area (Å²) in [6, 6.07) is 5.27. The fourth-order valence-corrected chi connectivity index (χ4v) is 3.58. The molecule has 1 aromatic heterocycles. The molecule has 0 aliphatic carbocycles. The smallest absolute Gasteiger partial charge is 0.345 e. The molecule has 1 heterocycles. The number of H-pyrrole nitrogens is 1. The summed E-state index contributed by atoms with van der Waals surface area (Å²) in [4.78, 5) is 30.6. The first kappa shape index (κ1) is 24.4. The van der Waals surface area contributed by atoms with Crippen LogP contribution in [0.4, 0.5) is 0 Å². The van der Waals surface area contributed by atoms with E-state index >= 15 is 0 Å². The lowest BCUT2D eigenvalue weighted by molar-refractivity contribution is 0.0724. The van der Waals surface area contributed by atoms with E-state index in [4.69, 9.17) is 15.2 Å². The predicted octanol–water partition coefficient (Wildman–Crippen LogP) is 5.20. The van der Waals surface area contributed by atoms with Crippen LogP contribution in [0.15, 0.2) is 24.5 Å². The molecule has 2 rings (SSSR count). The van der Waals surface area contributed by atoms with E-state index in [-0.39, 0.29) is 11.6 Å². The van der Waals surface area contributed by atoms with Crippen LogP contribution in [0.2, 0.25) is 0 Å². The average Bonchev–Trinajstić information content (AvgIpc) is 3.23. The van der Waals surface area contributed by atoms with Gasteiger partial charge in [0.1, 0.15) is 5.75 Å². The number of hydrogen-bond donors (Lipinski definition) is 2. The number of esters is 1. The number of primary amides is 1. The van der Waals surface area contributed by atoms with Crippen molar-refractivity contribution in [3.8, 4) is 11.6 Å². The summed E-state index contributed by atoms with van der Waals surface area (Å²) in [6.45, 7) is 2.24. The molecule has 0 unspecified atom stereocenters. The number of carbonyl (C=O) groups is 2. The van der Waals surface area contributed by atoms with Crippen LogP contribution in [-0.2, 0) is 6.42 Å². The fourth-order valence-electron chi connectivity index (χ4n) is 3.58. The van der Waals surface area contributed by atoms with Crippen LogP contribution < -0.4 is 15.2 Å². The number of methoxy groups -OCH3 is 1. The number of benzene rings is 1. The second kappa shape index (κ2) is 13.5. The van der Waals surface area contributed by atoms with Crippen molar-refractivity contribution in [1.82, 2.24) is 9.97 Å². The Balaban J connectivity index is 1.87. The Morgan fingerprint density at radius 3 is 2.26 bits per heavy atom. The quantitative estimate of drug-likeness (QED) is 0.299. The van der Waals surface area contributed by atoms with Gasteiger partial charge in [-0.1, -0.05) is 64.7 Å². The van der Waals surface area contributed by atoms with Crippen molar-refractivity contribution in [2.45, 2.75) is 77.6 Å². The maximum atomic E-state index is 12.7. The molecule has 3 N–H and O–H groups in total. The molecule has 0 saturated carbocycles. The van der Waals surface area contributed by atoms with E-state index in [0.717, 1.165) is 24.8 Å². The molecule has 0 bridgehead atoms. The van der Waals surface area contributed by atoms with Crippen molar-refractivity contribution in [3.05, 3.63) is 41.3 Å². The molecule has 0 atom stereocenters. The Labute approximate surface area is 184 Å². The maximum Gasteiger partial charge on any atom is 0.345 e. The van der Waals surface area contributed by atoms with Crippen LogP contribution >= 0.6 is 0 Å². The monoisotopic (exact) mass is 429 g/mol. The lowest BCUT2D eigenvalue weighted by Gasteiger charge is -2.11. The number of aromatic nitrogens is 2. The second-order valence-electron chi connectivity index (χ2n) is 7.79. The molecule has 1 aromatic carbocycles. The van der Waals surface area contributed by atoms with E-state index in [1.54, 1.807) is 19.2 Å². The van der Waals surface area contributed by atoms with Gasteiger partial charge in [0.15, 0.2) is 5.69 Å². The van der Waals surface area contributed by atoms with Crippen molar-refractivity contribution >= 4 is 11.9 Å². The normalized spacial score (nSPS) is 10.8. The molecule has 170 valence electrons. The zero-order valence-corrected chi connectivity index (χ0v) is 18.7. The molecular formula is C24H35N3O4. The van der Waals surface area contributed by atoms with Gasteiger partial charge in [-0.2, -0.15) is 0 Å². The summed E-state index contributed by atoms with van der Waals surface area (Å²) in [5.41, 5.74) is 6.54. The Hall–Kier alpha value is -2.83. The molecule has 0 aliphatic heterocycles. The number of rotatable bonds is 15. The van der Waals surface area contributed by atoms with Crippen molar-refractivity contribution in [3.63, 3.8) is 0 Å². The van der Waals surface area contributed by atoms with E-state index in [0.29, 0.717) is 11.3 Å². The highest BCUT2D eigenvalue weighted by Crippen LogP contribution is 2.23. The molecule has 0 radical (unpaired) electrons. The van der Waals surface area contributed by atoms with Gasteiger partial charge in [0.25, 0.3) is 11.8 Å². The van der Waals surface area contributed by atoms with E-state index in [9.17, 15) is 9.59 Å². The molecule has 7 heteroatoms. The number of hydrogen-bond acceptors (Lipinski definition) is 5. The molecule has 2 aromatic rings. The first-order valence-corrected chi connectivity index (χ1v) is 11.3. The minimum atomic E-state index is -0.736. The topological polar surface area (TPSA) is 107 Å². The fraction of sp³-hybridized carbons (Fsp3) is 0.542. The van der Waals surface area contributed by atoms with Crippen LogP contribution in [0.3, 0.4) is 0 Å². The first-order chi connectivity index (χ1) is 15.1. The van der Waals surface area contributed by atoms with E-state index in [2.05, 4.69) is 16.9 Å². The van der Waals surface area contributed by atoms with E-state index < -0.39 is 11.9 Å². The zero-order chi connectivity index (χ0) is 22.5. The molecule has 31 heavy (non-hydrogen) atoms. The number of ether oxygens (including phenoxy) is 2. The number of imidazole rings is 1. The minimum Gasteiger partial charge on any atom is -0.497 e. The summed E-state index contributed by atoms with van der Waals surface area (Å²) in [7, 11) is 1.60. The maximum absolute atomic E-state index is 12.7. The van der Waals surface area contributed by atoms with Crippen molar-refractivity contribution < 1.29 is 19.1 Å². The zero-order valence-electron chi connectivity index (χ0n) is 18.7. The molecule has 0 aliphatic rings. The van der Waals surface area contributed by atoms with Gasteiger partial charge in [-0.3, -0.25) is 4.79 Å². The van der Waals surface area contributed by atoms with Crippen LogP contribution in [0, 0.1) is 0 Å². The molecule has 0 fully saturated rings. The van der Waals surface area contributed by atoms with Gasteiger partial charge in [-0.15, -0.1) is 0 Å². The summed E-state index contributed by atoms with van der Waals surface area (Å²) in [5.74, 6) is -0.727. The highest BCUT2D eigenvalue weighted by atomic mass is 16.5. The minimum absolute atomic E-state index is 0.0295. The highest BCUT2D eigenvalue weighted by molar-refractivity contribution is 5.96. The summed E-state index contributed by atoms with van der Waals surface area (Å²) in [5, 5.41) is 0. The van der Waals surface area contributed by atoms with Gasteiger partial charge in [-0.05, 0) is 36.6 Å². The highest BCUT2D eigenvalue weighted by Gasteiger charge is 2.20. The predicted molar refractivity (Wildman–Crippen MR) is 121 cm³/mol. The third-order valence-electron chi connectivity index (χ3n) is 5.37. The largest absolute Gasteiger partial charge is 0.497 e. The average molecular weight is 430 g/mol. The van der Waals surface area contributed by atoms with Crippen molar-refractivity contribution in [2.24, 2.45) is 5.73 Å². The lowest BCUT2D eigenvalue weighted by atomic mass is 9.99. The number of nitrogens with zero attached hydrogens (tertiary/aromatic N) is 1. The van der Waals surface area contributed by atoms with Gasteiger partial charge in [0.2, 0.25) is 0 Å². The van der Waals surface area contributed by atoms with Crippen LogP contribution in [0.5, 0.6) is 11.6 Å². The Kier molecular flexibility index (Phi) is 10.6. The summed E-state index contributed by atoms with van der Waals surface area (Å²) < 4.78 is 10.6. The Morgan fingerprint density at radius 2 is 1.65 bits per heavy atom. The molecule has 0 saturated heterocycles. The van der Waals surface area contributed by atoms with Gasteiger partial charge < -0.3 is 20.2 Å². The van der Waals surface area contributed by atoms with Crippen molar-refractivity contribution in [1.29, 1.82) is 0 Å². The van der Waals surface area contributed by atoms with Gasteiger partial charge in [0, 0.05) is 0 Å². The molecule has 0 spiro atoms. The Morgan fingerprint density at radius 1 is 1.00 bits per heavy atom. The number of nitrogens with one attached hydrogen (secondary N) is 1. The third-order valence-corrected chi connectivity index (χ3v) is 5.37. The number of amides is 1. The number of aromatic amines is 1. The van der Waals surface area contributed by atoms with Gasteiger partial charge in [-0.25, -0.2) is 9.78 Å². The number of aryl methyl sites for hydroxylation is 1. The summed E-state index contributed by atoms with van der Waals surface area (Å²) in [6.07, 6.45) is 14.5. The number of unbranched alkanes of at least 4 members (excludes halogenated alkanes) is 9. The number of carbonyl (C=O) groups excluding carboxylic acids is 2. The Bertz CT molecular complexity index is 832. The number of nitrogens with two attached hydrogens (primary N) is 1. The standard InChI is InChI=1S/C24H35N3O4/c1-3-4-5-6-7-8-9-10-11-12-13-18-16-19(30-2)14-15-20(18)24(29)31-23-21(22(25)28)26-17-27-23/h14-17H,3-13H2,1-2H3,(H2,25,28)(H,26,27). The lowest BCUT2D eigenvalue weighted by Crippen LogP contribution is -2.17. The molecule has 1 amide bonds. The molecular weight excluding hydrogens is 394 g/mol. The summed E-state index contributed by atoms with van der Waals surface area (Å²) >= 11 is 0. The van der Waals surface area contributed by atoms with Crippen molar-refractivity contribution in [2.75, 3.05) is 7.11 Å². The third kappa shape index (κ3) is 8.07. The van der Waals surface area contributed by atoms with Gasteiger partial charge >= 0.3 is 5.97 Å². The van der Waals surface area contributed by atoms with Gasteiger partial charge in [0.05, 0.1) is 19.0 Å². The van der Waals surface area contributed by atoms with Crippen LogP contribution in [-0.4, -0.2) is 29.0 Å². The first-order valence-electron chi connectivity index (χ1n) is 11.3. The van der Waals surface area contributed by atoms with Crippen LogP contribution in [0.25, 0.3) is 0 Å². The molecule has 7 nitrogen and oxygen atoms in total. The van der Waals surface area contributed by atoms with Crippen LogP contribution in [0.1, 0.15) is 97.5 Å². The van der Waals surface area contributed by atoms with E-state index in [1.807, 2.05) is 6.07 Å². The van der Waals surface area contributed by atoms with E-state index in [1.165, 1.54) is 57.7 Å². The second-order valence-corrected chi connectivity index (χ2v) is 7.79. The SMILES string of the molecule is CCCCCCCCCCCCc1cc(OC)ccc1C(=O)Oc1nc[nH]c1C(N)=O.